The lowest BCUT2D eigenvalue weighted by molar-refractivity contribution is -0.155. The van der Waals surface area contributed by atoms with Crippen molar-refractivity contribution in [3.05, 3.63) is 23.8 Å². The van der Waals surface area contributed by atoms with Crippen molar-refractivity contribution in [3.8, 4) is 0 Å². The molecule has 1 N–H and O–H groups in total. The van der Waals surface area contributed by atoms with Gasteiger partial charge in [0.2, 0.25) is 5.78 Å². The molecule has 172 valence electrons. The van der Waals surface area contributed by atoms with Gasteiger partial charge in [-0.05, 0) is 49.7 Å². The number of nitrogens with zero attached hydrogens (tertiary/aromatic N) is 1. The number of Topliss-reactive ketones (excluding diaryl/α,β-unsaturated/α-hetero) is 1. The van der Waals surface area contributed by atoms with Crippen LogP contribution in [0.15, 0.2) is 28.8 Å². The summed E-state index contributed by atoms with van der Waals surface area (Å²) in [5, 5.41) is 11.6. The number of hydrogen-bond donors (Lipinski definition) is 1. The number of fused-ring (bicyclic) bond motifs is 7. The first-order valence-electron chi connectivity index (χ1n) is 11.5. The zero-order chi connectivity index (χ0) is 23.1. The SMILES string of the molecule is CC(=O)OCC(=O)[C@@]12N=C(C)O[C@H]1C[C@H]1[C@H]3CCC4=CC(=O)C=C[C@]4(C)[C@@H]3[C@@H](O)C[C@@]12C. The van der Waals surface area contributed by atoms with Gasteiger partial charge in [0.25, 0.3) is 0 Å². The molecule has 4 aliphatic carbocycles. The van der Waals surface area contributed by atoms with Crippen LogP contribution in [0.4, 0.5) is 0 Å². The molecule has 0 radical (unpaired) electrons. The topological polar surface area (TPSA) is 102 Å². The summed E-state index contributed by atoms with van der Waals surface area (Å²) in [5.41, 5.74) is -1.04. The van der Waals surface area contributed by atoms with E-state index in [2.05, 4.69) is 13.8 Å². The van der Waals surface area contributed by atoms with Crippen molar-refractivity contribution in [1.82, 2.24) is 0 Å². The molecule has 0 aromatic carbocycles. The molecule has 0 aromatic rings. The van der Waals surface area contributed by atoms with Gasteiger partial charge in [-0.1, -0.05) is 25.5 Å². The lowest BCUT2D eigenvalue weighted by atomic mass is 9.46. The third-order valence-electron chi connectivity index (χ3n) is 9.17. The van der Waals surface area contributed by atoms with E-state index in [1.807, 2.05) is 6.08 Å². The average molecular weight is 442 g/mol. The molecule has 0 bridgehead atoms. The maximum absolute atomic E-state index is 13.5. The Kier molecular flexibility index (Phi) is 4.62. The van der Waals surface area contributed by atoms with E-state index >= 15 is 0 Å². The van der Waals surface area contributed by atoms with Crippen molar-refractivity contribution in [2.24, 2.45) is 33.6 Å². The van der Waals surface area contributed by atoms with Crippen LogP contribution in [0.3, 0.4) is 0 Å². The number of hydrogen-bond acceptors (Lipinski definition) is 7. The first kappa shape index (κ1) is 21.6. The van der Waals surface area contributed by atoms with Crippen molar-refractivity contribution in [1.29, 1.82) is 0 Å². The summed E-state index contributed by atoms with van der Waals surface area (Å²) >= 11 is 0. The van der Waals surface area contributed by atoms with E-state index in [0.717, 1.165) is 18.4 Å². The van der Waals surface area contributed by atoms with E-state index in [-0.39, 0.29) is 41.3 Å². The van der Waals surface area contributed by atoms with Crippen molar-refractivity contribution in [3.63, 3.8) is 0 Å². The minimum Gasteiger partial charge on any atom is -0.475 e. The maximum Gasteiger partial charge on any atom is 0.303 e. The lowest BCUT2D eigenvalue weighted by Gasteiger charge is -2.59. The summed E-state index contributed by atoms with van der Waals surface area (Å²) in [6, 6.07) is 0. The van der Waals surface area contributed by atoms with E-state index in [1.54, 1.807) is 19.1 Å². The van der Waals surface area contributed by atoms with Crippen LogP contribution in [0.1, 0.15) is 53.4 Å². The largest absolute Gasteiger partial charge is 0.475 e. The number of allylic oxidation sites excluding steroid dienone is 4. The molecule has 1 aliphatic heterocycles. The van der Waals surface area contributed by atoms with Crippen LogP contribution in [0.5, 0.6) is 0 Å². The first-order valence-corrected chi connectivity index (χ1v) is 11.5. The molecule has 3 saturated carbocycles. The standard InChI is InChI=1S/C25H31NO6/c1-13-26-25(20(30)12-31-14(2)27)21(32-13)10-18-17-6-5-15-9-16(28)7-8-23(15,3)22(17)19(29)11-24(18,25)4/h7-9,17-19,21-22,29H,5-6,10-12H2,1-4H3/t17-,18+,19+,21+,22+,23+,24+,25-/m1/s1. The summed E-state index contributed by atoms with van der Waals surface area (Å²) in [6.45, 7) is 6.88. The number of aliphatic hydroxyl groups is 1. The van der Waals surface area contributed by atoms with Crippen LogP contribution in [0.2, 0.25) is 0 Å². The zero-order valence-electron chi connectivity index (χ0n) is 19.1. The number of esters is 1. The fourth-order valence-corrected chi connectivity index (χ4v) is 7.97. The number of aliphatic imine (C=N–C) groups is 1. The van der Waals surface area contributed by atoms with Gasteiger partial charge in [0, 0.05) is 30.6 Å². The Bertz CT molecular complexity index is 996. The Morgan fingerprint density at radius 2 is 2.09 bits per heavy atom. The maximum atomic E-state index is 13.5. The molecule has 5 aliphatic rings. The van der Waals surface area contributed by atoms with Crippen LogP contribution in [0, 0.1) is 28.6 Å². The Balaban J connectivity index is 1.56. The molecule has 7 heteroatoms. The molecule has 0 spiro atoms. The summed E-state index contributed by atoms with van der Waals surface area (Å²) in [4.78, 5) is 41.7. The van der Waals surface area contributed by atoms with Gasteiger partial charge in [0.1, 0.15) is 6.10 Å². The van der Waals surface area contributed by atoms with Crippen LogP contribution in [-0.4, -0.2) is 52.9 Å². The number of ether oxygens (including phenoxy) is 2. The van der Waals surface area contributed by atoms with Gasteiger partial charge in [-0.2, -0.15) is 0 Å². The third kappa shape index (κ3) is 2.63. The van der Waals surface area contributed by atoms with E-state index in [4.69, 9.17) is 14.5 Å². The fraction of sp³-hybridized carbons (Fsp3) is 0.680. The summed E-state index contributed by atoms with van der Waals surface area (Å²) < 4.78 is 11.2. The minimum atomic E-state index is -1.15. The van der Waals surface area contributed by atoms with Gasteiger partial charge in [0.05, 0.1) is 6.10 Å². The number of aliphatic hydroxyl groups excluding tert-OH is 1. The lowest BCUT2D eigenvalue weighted by Crippen LogP contribution is -2.62. The van der Waals surface area contributed by atoms with E-state index in [0.29, 0.717) is 18.7 Å². The second-order valence-corrected chi connectivity index (χ2v) is 10.7. The molecule has 0 aromatic heterocycles. The molecular weight excluding hydrogens is 410 g/mol. The van der Waals surface area contributed by atoms with Crippen LogP contribution in [0.25, 0.3) is 0 Å². The molecule has 0 amide bonds. The quantitative estimate of drug-likeness (QED) is 0.676. The van der Waals surface area contributed by atoms with E-state index in [9.17, 15) is 19.5 Å². The van der Waals surface area contributed by atoms with Crippen LogP contribution in [-0.2, 0) is 23.9 Å². The van der Waals surface area contributed by atoms with E-state index in [1.165, 1.54) is 6.92 Å². The van der Waals surface area contributed by atoms with Crippen molar-refractivity contribution in [2.45, 2.75) is 71.1 Å². The molecule has 3 fully saturated rings. The van der Waals surface area contributed by atoms with Gasteiger partial charge in [-0.25, -0.2) is 4.99 Å². The van der Waals surface area contributed by atoms with Gasteiger partial charge in [-0.15, -0.1) is 0 Å². The Hall–Kier alpha value is -2.28. The molecular formula is C25H31NO6. The van der Waals surface area contributed by atoms with Crippen LogP contribution < -0.4 is 0 Å². The third-order valence-corrected chi connectivity index (χ3v) is 9.17. The van der Waals surface area contributed by atoms with E-state index < -0.39 is 29.1 Å². The van der Waals surface area contributed by atoms with Crippen molar-refractivity contribution in [2.75, 3.05) is 6.61 Å². The Morgan fingerprint density at radius 1 is 1.34 bits per heavy atom. The number of carbonyl (C=O) groups excluding carboxylic acids is 3. The average Bonchev–Trinajstić information content (AvgIpc) is 3.17. The zero-order valence-corrected chi connectivity index (χ0v) is 19.1. The number of rotatable bonds is 3. The summed E-state index contributed by atoms with van der Waals surface area (Å²) in [5.74, 6) is -0.0140. The second-order valence-electron chi connectivity index (χ2n) is 10.7. The highest BCUT2D eigenvalue weighted by Crippen LogP contribution is 2.69. The highest BCUT2D eigenvalue weighted by Gasteiger charge is 2.74. The van der Waals surface area contributed by atoms with Crippen molar-refractivity contribution < 1.29 is 29.0 Å². The second kappa shape index (κ2) is 6.86. The summed E-state index contributed by atoms with van der Waals surface area (Å²) in [6.07, 6.45) is 7.01. The highest BCUT2D eigenvalue weighted by atomic mass is 16.5. The summed E-state index contributed by atoms with van der Waals surface area (Å²) in [7, 11) is 0. The molecule has 0 saturated heterocycles. The number of carbonyl (C=O) groups is 3. The molecule has 7 nitrogen and oxygen atoms in total. The molecule has 1 heterocycles. The van der Waals surface area contributed by atoms with Crippen LogP contribution >= 0.6 is 0 Å². The minimum absolute atomic E-state index is 0.00898. The van der Waals surface area contributed by atoms with Gasteiger partial charge >= 0.3 is 5.97 Å². The van der Waals surface area contributed by atoms with Gasteiger partial charge in [0.15, 0.2) is 23.8 Å². The predicted molar refractivity (Wildman–Crippen MR) is 116 cm³/mol. The molecule has 32 heavy (non-hydrogen) atoms. The highest BCUT2D eigenvalue weighted by molar-refractivity contribution is 6.01. The monoisotopic (exact) mass is 441 g/mol. The number of ketones is 2. The molecule has 5 rings (SSSR count). The predicted octanol–water partition coefficient (Wildman–Crippen LogP) is 2.56. The molecule has 8 atom stereocenters. The first-order chi connectivity index (χ1) is 15.0. The van der Waals surface area contributed by atoms with Crippen molar-refractivity contribution >= 4 is 23.4 Å². The molecule has 0 unspecified atom stereocenters. The smallest absolute Gasteiger partial charge is 0.303 e. The normalized spacial score (nSPS) is 46.2. The fourth-order valence-electron chi connectivity index (χ4n) is 7.97. The Morgan fingerprint density at radius 3 is 2.81 bits per heavy atom. The van der Waals surface area contributed by atoms with Gasteiger partial charge in [-0.3, -0.25) is 14.4 Å². The Labute approximate surface area is 187 Å². The van der Waals surface area contributed by atoms with Gasteiger partial charge < -0.3 is 14.6 Å².